The molecule has 2 unspecified atom stereocenters. The van der Waals surface area contributed by atoms with Crippen LogP contribution in [-0.4, -0.2) is 63.3 Å². The standard InChI is InChI=1S/C19H38N4O.HI/c1-15(2)23-12-16(3)17(13-23)22-18(20-4)21-14-19(10-11-24-5)8-6-7-9-19;/h15-17H,6-14H2,1-5H3,(H2,20,21,22);1H. The Balaban J connectivity index is 0.00000312. The van der Waals surface area contributed by atoms with Crippen molar-refractivity contribution < 1.29 is 4.74 Å². The molecule has 1 heterocycles. The monoisotopic (exact) mass is 466 g/mol. The molecule has 2 rings (SSSR count). The normalized spacial score (nSPS) is 26.7. The largest absolute Gasteiger partial charge is 0.385 e. The summed E-state index contributed by atoms with van der Waals surface area (Å²) >= 11 is 0. The van der Waals surface area contributed by atoms with Gasteiger partial charge in [0, 0.05) is 52.5 Å². The lowest BCUT2D eigenvalue weighted by atomic mass is 9.83. The second kappa shape index (κ2) is 10.9. The van der Waals surface area contributed by atoms with Crippen LogP contribution in [0.2, 0.25) is 0 Å². The average molecular weight is 466 g/mol. The fourth-order valence-corrected chi connectivity index (χ4v) is 4.21. The van der Waals surface area contributed by atoms with Crippen LogP contribution in [0.3, 0.4) is 0 Å². The van der Waals surface area contributed by atoms with E-state index in [0.717, 1.165) is 32.1 Å². The average Bonchev–Trinajstić information content (AvgIpc) is 3.17. The van der Waals surface area contributed by atoms with E-state index in [0.29, 0.717) is 23.4 Å². The van der Waals surface area contributed by atoms with Crippen molar-refractivity contribution in [3.05, 3.63) is 0 Å². The molecule has 0 bridgehead atoms. The van der Waals surface area contributed by atoms with Crippen LogP contribution >= 0.6 is 24.0 Å². The van der Waals surface area contributed by atoms with Gasteiger partial charge in [0.25, 0.3) is 0 Å². The number of guanidine groups is 1. The number of likely N-dealkylation sites (tertiary alicyclic amines) is 1. The van der Waals surface area contributed by atoms with E-state index in [-0.39, 0.29) is 24.0 Å². The number of nitrogens with one attached hydrogen (secondary N) is 2. The van der Waals surface area contributed by atoms with Crippen LogP contribution in [0.25, 0.3) is 0 Å². The van der Waals surface area contributed by atoms with Gasteiger partial charge in [0.1, 0.15) is 0 Å². The lowest BCUT2D eigenvalue weighted by molar-refractivity contribution is 0.138. The van der Waals surface area contributed by atoms with Gasteiger partial charge in [-0.2, -0.15) is 0 Å². The molecular weight excluding hydrogens is 427 g/mol. The first-order chi connectivity index (χ1) is 11.5. The lowest BCUT2D eigenvalue weighted by Crippen LogP contribution is -2.49. The van der Waals surface area contributed by atoms with Crippen molar-refractivity contribution in [3.8, 4) is 0 Å². The van der Waals surface area contributed by atoms with Gasteiger partial charge < -0.3 is 15.4 Å². The number of aliphatic imine (C=N–C) groups is 1. The van der Waals surface area contributed by atoms with Crippen molar-refractivity contribution in [1.29, 1.82) is 0 Å². The minimum absolute atomic E-state index is 0. The molecule has 0 radical (unpaired) electrons. The Morgan fingerprint density at radius 1 is 1.28 bits per heavy atom. The molecule has 2 atom stereocenters. The molecule has 148 valence electrons. The van der Waals surface area contributed by atoms with Crippen LogP contribution in [0.15, 0.2) is 4.99 Å². The third kappa shape index (κ3) is 6.54. The molecule has 1 saturated heterocycles. The third-order valence-electron chi connectivity index (χ3n) is 6.05. The number of nitrogens with zero attached hydrogens (tertiary/aromatic N) is 2. The summed E-state index contributed by atoms with van der Waals surface area (Å²) in [6.45, 7) is 11.0. The topological polar surface area (TPSA) is 48.9 Å². The van der Waals surface area contributed by atoms with Crippen LogP contribution in [0.4, 0.5) is 0 Å². The van der Waals surface area contributed by atoms with Gasteiger partial charge in [0.05, 0.1) is 0 Å². The minimum atomic E-state index is 0. The molecule has 1 saturated carbocycles. The highest BCUT2D eigenvalue weighted by Crippen LogP contribution is 2.40. The molecule has 1 aliphatic carbocycles. The second-order valence-electron chi connectivity index (χ2n) is 8.15. The fourth-order valence-electron chi connectivity index (χ4n) is 4.21. The molecule has 2 fully saturated rings. The highest BCUT2D eigenvalue weighted by molar-refractivity contribution is 14.0. The molecule has 0 aromatic rings. The summed E-state index contributed by atoms with van der Waals surface area (Å²) in [5.41, 5.74) is 0.388. The summed E-state index contributed by atoms with van der Waals surface area (Å²) in [6.07, 6.45) is 6.46. The fraction of sp³-hybridized carbons (Fsp3) is 0.947. The zero-order chi connectivity index (χ0) is 17.6. The molecule has 0 aromatic carbocycles. The molecule has 5 nitrogen and oxygen atoms in total. The van der Waals surface area contributed by atoms with E-state index < -0.39 is 0 Å². The van der Waals surface area contributed by atoms with Gasteiger partial charge in [0.15, 0.2) is 5.96 Å². The molecule has 25 heavy (non-hydrogen) atoms. The summed E-state index contributed by atoms with van der Waals surface area (Å²) < 4.78 is 5.34. The summed E-state index contributed by atoms with van der Waals surface area (Å²) in [5.74, 6) is 1.61. The van der Waals surface area contributed by atoms with Crippen molar-refractivity contribution in [1.82, 2.24) is 15.5 Å². The second-order valence-corrected chi connectivity index (χ2v) is 8.15. The van der Waals surface area contributed by atoms with Crippen molar-refractivity contribution >= 4 is 29.9 Å². The Morgan fingerprint density at radius 2 is 1.96 bits per heavy atom. The van der Waals surface area contributed by atoms with Gasteiger partial charge in [-0.05, 0) is 44.4 Å². The summed E-state index contributed by atoms with van der Waals surface area (Å²) in [4.78, 5) is 7.02. The Kier molecular flexibility index (Phi) is 10.0. The van der Waals surface area contributed by atoms with Crippen LogP contribution < -0.4 is 10.6 Å². The van der Waals surface area contributed by atoms with E-state index in [1.807, 2.05) is 7.05 Å². The van der Waals surface area contributed by atoms with E-state index >= 15 is 0 Å². The smallest absolute Gasteiger partial charge is 0.191 e. The zero-order valence-electron chi connectivity index (χ0n) is 16.8. The maximum absolute atomic E-state index is 5.34. The van der Waals surface area contributed by atoms with E-state index in [4.69, 9.17) is 4.74 Å². The lowest BCUT2D eigenvalue weighted by Gasteiger charge is -2.30. The minimum Gasteiger partial charge on any atom is -0.385 e. The Hall–Kier alpha value is -0.0800. The van der Waals surface area contributed by atoms with Crippen molar-refractivity contribution in [3.63, 3.8) is 0 Å². The van der Waals surface area contributed by atoms with Gasteiger partial charge in [-0.15, -0.1) is 24.0 Å². The number of methoxy groups -OCH3 is 1. The van der Waals surface area contributed by atoms with Crippen LogP contribution in [0.1, 0.15) is 52.9 Å². The van der Waals surface area contributed by atoms with Crippen molar-refractivity contribution in [2.75, 3.05) is 40.4 Å². The Labute approximate surface area is 171 Å². The highest BCUT2D eigenvalue weighted by atomic mass is 127. The van der Waals surface area contributed by atoms with E-state index in [9.17, 15) is 0 Å². The number of hydrogen-bond acceptors (Lipinski definition) is 3. The third-order valence-corrected chi connectivity index (χ3v) is 6.05. The van der Waals surface area contributed by atoms with E-state index in [1.54, 1.807) is 7.11 Å². The molecular formula is C19H39IN4O. The van der Waals surface area contributed by atoms with Gasteiger partial charge in [-0.1, -0.05) is 19.8 Å². The number of rotatable bonds is 7. The van der Waals surface area contributed by atoms with Gasteiger partial charge in [0.2, 0.25) is 0 Å². The predicted molar refractivity (Wildman–Crippen MR) is 117 cm³/mol. The van der Waals surface area contributed by atoms with Gasteiger partial charge in [-0.25, -0.2) is 0 Å². The van der Waals surface area contributed by atoms with Crippen LogP contribution in [0.5, 0.6) is 0 Å². The molecule has 1 aliphatic heterocycles. The molecule has 2 aliphatic rings. The summed E-state index contributed by atoms with van der Waals surface area (Å²) in [6, 6.07) is 1.10. The first kappa shape index (κ1) is 23.0. The molecule has 2 N–H and O–H groups in total. The molecule has 0 aromatic heterocycles. The first-order valence-corrected chi connectivity index (χ1v) is 9.70. The summed E-state index contributed by atoms with van der Waals surface area (Å²) in [5, 5.41) is 7.28. The Morgan fingerprint density at radius 3 is 2.48 bits per heavy atom. The SMILES string of the molecule is CN=C(NCC1(CCOC)CCCC1)NC1CN(C(C)C)CC1C.I. The van der Waals surface area contributed by atoms with Crippen LogP contribution in [-0.2, 0) is 4.74 Å². The Bertz CT molecular complexity index is 410. The number of ether oxygens (including phenoxy) is 1. The highest BCUT2D eigenvalue weighted by Gasteiger charge is 2.35. The van der Waals surface area contributed by atoms with E-state index in [2.05, 4.69) is 41.3 Å². The predicted octanol–water partition coefficient (Wildman–Crippen LogP) is 3.10. The molecule has 6 heteroatoms. The molecule has 0 amide bonds. The first-order valence-electron chi connectivity index (χ1n) is 9.70. The maximum Gasteiger partial charge on any atom is 0.191 e. The van der Waals surface area contributed by atoms with Crippen molar-refractivity contribution in [2.24, 2.45) is 16.3 Å². The summed E-state index contributed by atoms with van der Waals surface area (Å²) in [7, 11) is 3.68. The van der Waals surface area contributed by atoms with Crippen molar-refractivity contribution in [2.45, 2.75) is 65.0 Å². The van der Waals surface area contributed by atoms with Gasteiger partial charge in [-0.3, -0.25) is 9.89 Å². The quantitative estimate of drug-likeness (QED) is 0.344. The number of hydrogen-bond donors (Lipinski definition) is 2. The van der Waals surface area contributed by atoms with E-state index in [1.165, 1.54) is 32.2 Å². The maximum atomic E-state index is 5.34. The zero-order valence-corrected chi connectivity index (χ0v) is 19.1. The number of halogens is 1. The van der Waals surface area contributed by atoms with Crippen LogP contribution in [0, 0.1) is 11.3 Å². The van der Waals surface area contributed by atoms with Gasteiger partial charge >= 0.3 is 0 Å². The molecule has 0 spiro atoms.